The molecule has 0 spiro atoms. The van der Waals surface area contributed by atoms with Crippen LogP contribution in [-0.2, 0) is 0 Å². The molecule has 1 N–H and O–H groups in total. The van der Waals surface area contributed by atoms with E-state index < -0.39 is 0 Å². The highest BCUT2D eigenvalue weighted by Gasteiger charge is 2.28. The Balaban J connectivity index is 1.64. The molecule has 1 saturated heterocycles. The number of ether oxygens (including phenoxy) is 1. The molecule has 5 nitrogen and oxygen atoms in total. The van der Waals surface area contributed by atoms with Crippen molar-refractivity contribution >= 4 is 46.6 Å². The number of nitrogens with zero attached hydrogens (tertiary/aromatic N) is 1. The van der Waals surface area contributed by atoms with Crippen molar-refractivity contribution in [3.05, 3.63) is 62.6 Å². The number of likely N-dealkylation sites (tertiary alicyclic amines) is 1. The number of piperidine rings is 1. The van der Waals surface area contributed by atoms with Gasteiger partial charge in [-0.1, -0.05) is 40.9 Å². The smallest absolute Gasteiger partial charge is 0.259 e. The zero-order valence-corrected chi connectivity index (χ0v) is 17.4. The van der Waals surface area contributed by atoms with E-state index in [1.165, 1.54) is 7.11 Å². The Morgan fingerprint density at radius 2 is 1.75 bits per heavy atom. The molecule has 0 atom stereocenters. The van der Waals surface area contributed by atoms with Crippen LogP contribution in [0.5, 0.6) is 5.75 Å². The van der Waals surface area contributed by atoms with Crippen LogP contribution in [0.3, 0.4) is 0 Å². The lowest BCUT2D eigenvalue weighted by Gasteiger charge is -2.33. The van der Waals surface area contributed by atoms with Gasteiger partial charge in [-0.2, -0.15) is 0 Å². The molecule has 0 bridgehead atoms. The van der Waals surface area contributed by atoms with Crippen molar-refractivity contribution in [2.45, 2.75) is 18.9 Å². The first-order chi connectivity index (χ1) is 13.4. The molecule has 1 aliphatic rings. The summed E-state index contributed by atoms with van der Waals surface area (Å²) in [7, 11) is 1.45. The first-order valence-corrected chi connectivity index (χ1v) is 9.91. The van der Waals surface area contributed by atoms with Crippen LogP contribution in [0.25, 0.3) is 0 Å². The predicted molar refractivity (Wildman–Crippen MR) is 111 cm³/mol. The third-order valence-corrected chi connectivity index (χ3v) is 5.53. The second-order valence-corrected chi connectivity index (χ2v) is 7.74. The summed E-state index contributed by atoms with van der Waals surface area (Å²) in [5.74, 6) is -0.133. The Morgan fingerprint density at radius 1 is 1.07 bits per heavy atom. The van der Waals surface area contributed by atoms with Gasteiger partial charge < -0.3 is 15.0 Å². The normalized spacial score (nSPS) is 14.6. The summed E-state index contributed by atoms with van der Waals surface area (Å²) < 4.78 is 5.27. The van der Waals surface area contributed by atoms with E-state index in [0.29, 0.717) is 46.6 Å². The minimum Gasteiger partial charge on any atom is -0.494 e. The molecule has 2 aromatic carbocycles. The highest BCUT2D eigenvalue weighted by Crippen LogP contribution is 2.35. The standard InChI is InChI=1S/C20H19Cl3N2O3/c1-28-18-16(23)6-5-15(22)17(18)20(27)25-9-7-14(8-10-25)24-19(26)12-3-2-4-13(21)11-12/h2-6,11,14H,7-10H2,1H3,(H,24,26). The molecule has 1 aliphatic heterocycles. The molecule has 28 heavy (non-hydrogen) atoms. The summed E-state index contributed by atoms with van der Waals surface area (Å²) in [6.45, 7) is 0.983. The first kappa shape index (κ1) is 20.8. The van der Waals surface area contributed by atoms with Gasteiger partial charge in [0.2, 0.25) is 0 Å². The van der Waals surface area contributed by atoms with Gasteiger partial charge in [0.05, 0.1) is 17.2 Å². The average Bonchev–Trinajstić information content (AvgIpc) is 2.69. The van der Waals surface area contributed by atoms with Gasteiger partial charge in [-0.05, 0) is 43.2 Å². The molecular formula is C20H19Cl3N2O3. The van der Waals surface area contributed by atoms with Gasteiger partial charge in [-0.15, -0.1) is 0 Å². The maximum atomic E-state index is 12.9. The SMILES string of the molecule is COc1c(Cl)ccc(Cl)c1C(=O)N1CCC(NC(=O)c2cccc(Cl)c2)CC1. The van der Waals surface area contributed by atoms with Crippen LogP contribution in [-0.4, -0.2) is 43.0 Å². The molecule has 1 heterocycles. The second-order valence-electron chi connectivity index (χ2n) is 6.49. The van der Waals surface area contributed by atoms with Crippen LogP contribution in [0.2, 0.25) is 15.1 Å². The molecule has 0 aliphatic carbocycles. The van der Waals surface area contributed by atoms with E-state index in [-0.39, 0.29) is 29.2 Å². The third-order valence-electron chi connectivity index (χ3n) is 4.68. The molecule has 0 radical (unpaired) electrons. The molecule has 0 saturated carbocycles. The minimum atomic E-state index is -0.232. The van der Waals surface area contributed by atoms with Crippen LogP contribution in [0.4, 0.5) is 0 Å². The Hall–Kier alpha value is -1.95. The van der Waals surface area contributed by atoms with E-state index in [9.17, 15) is 9.59 Å². The number of rotatable bonds is 4. The van der Waals surface area contributed by atoms with Gasteiger partial charge in [0, 0.05) is 29.7 Å². The summed E-state index contributed by atoms with van der Waals surface area (Å²) in [5.41, 5.74) is 0.777. The number of nitrogens with one attached hydrogen (secondary N) is 1. The third kappa shape index (κ3) is 4.54. The quantitative estimate of drug-likeness (QED) is 0.749. The van der Waals surface area contributed by atoms with Crippen LogP contribution >= 0.6 is 34.8 Å². The minimum absolute atomic E-state index is 0.0211. The van der Waals surface area contributed by atoms with Crippen molar-refractivity contribution in [2.24, 2.45) is 0 Å². The Kier molecular flexibility index (Phi) is 6.70. The number of amides is 2. The molecule has 0 unspecified atom stereocenters. The molecule has 3 rings (SSSR count). The fourth-order valence-electron chi connectivity index (χ4n) is 3.22. The largest absolute Gasteiger partial charge is 0.494 e. The van der Waals surface area contributed by atoms with Crippen LogP contribution < -0.4 is 10.1 Å². The lowest BCUT2D eigenvalue weighted by Crippen LogP contribution is -2.46. The van der Waals surface area contributed by atoms with E-state index in [2.05, 4.69) is 5.32 Å². The van der Waals surface area contributed by atoms with Crippen LogP contribution in [0, 0.1) is 0 Å². The summed E-state index contributed by atoms with van der Waals surface area (Å²) in [4.78, 5) is 27.0. The maximum absolute atomic E-state index is 12.9. The van der Waals surface area contributed by atoms with Crippen molar-refractivity contribution < 1.29 is 14.3 Å². The van der Waals surface area contributed by atoms with Crippen LogP contribution in [0.1, 0.15) is 33.6 Å². The van der Waals surface area contributed by atoms with E-state index in [1.807, 2.05) is 0 Å². The highest BCUT2D eigenvalue weighted by molar-refractivity contribution is 6.37. The van der Waals surface area contributed by atoms with Crippen molar-refractivity contribution in [1.82, 2.24) is 10.2 Å². The lowest BCUT2D eigenvalue weighted by molar-refractivity contribution is 0.0695. The van der Waals surface area contributed by atoms with E-state index in [0.717, 1.165) is 0 Å². The zero-order chi connectivity index (χ0) is 20.3. The monoisotopic (exact) mass is 440 g/mol. The highest BCUT2D eigenvalue weighted by atomic mass is 35.5. The number of benzene rings is 2. The molecule has 148 valence electrons. The lowest BCUT2D eigenvalue weighted by atomic mass is 10.0. The van der Waals surface area contributed by atoms with Crippen molar-refractivity contribution in [1.29, 1.82) is 0 Å². The number of methoxy groups -OCH3 is 1. The van der Waals surface area contributed by atoms with E-state index in [4.69, 9.17) is 39.5 Å². The molecule has 0 aromatic heterocycles. The summed E-state index contributed by atoms with van der Waals surface area (Å²) in [6.07, 6.45) is 1.27. The Labute approximate surface area is 178 Å². The van der Waals surface area contributed by atoms with E-state index >= 15 is 0 Å². The number of hydrogen-bond acceptors (Lipinski definition) is 3. The zero-order valence-electron chi connectivity index (χ0n) is 15.2. The van der Waals surface area contributed by atoms with Crippen molar-refractivity contribution in [3.8, 4) is 5.75 Å². The molecular weight excluding hydrogens is 423 g/mol. The average molecular weight is 442 g/mol. The van der Waals surface area contributed by atoms with Gasteiger partial charge in [-0.25, -0.2) is 0 Å². The Bertz CT molecular complexity index is 896. The van der Waals surface area contributed by atoms with Gasteiger partial charge in [0.25, 0.3) is 11.8 Å². The van der Waals surface area contributed by atoms with E-state index in [1.54, 1.807) is 41.3 Å². The van der Waals surface area contributed by atoms with Gasteiger partial charge >= 0.3 is 0 Å². The second kappa shape index (κ2) is 9.03. The molecule has 2 aromatic rings. The summed E-state index contributed by atoms with van der Waals surface area (Å²) in [5, 5.41) is 4.14. The molecule has 2 amide bonds. The van der Waals surface area contributed by atoms with Gasteiger partial charge in [0.1, 0.15) is 5.56 Å². The topological polar surface area (TPSA) is 58.6 Å². The van der Waals surface area contributed by atoms with Gasteiger partial charge in [0.15, 0.2) is 5.75 Å². The summed E-state index contributed by atoms with van der Waals surface area (Å²) in [6, 6.07) is 9.95. The van der Waals surface area contributed by atoms with Gasteiger partial charge in [-0.3, -0.25) is 9.59 Å². The number of hydrogen-bond donors (Lipinski definition) is 1. The fourth-order valence-corrected chi connectivity index (χ4v) is 3.87. The van der Waals surface area contributed by atoms with Crippen molar-refractivity contribution in [2.75, 3.05) is 20.2 Å². The van der Waals surface area contributed by atoms with Crippen LogP contribution in [0.15, 0.2) is 36.4 Å². The number of halogens is 3. The predicted octanol–water partition coefficient (Wildman–Crippen LogP) is 4.69. The maximum Gasteiger partial charge on any atom is 0.259 e. The molecule has 8 heteroatoms. The Morgan fingerprint density at radius 3 is 2.39 bits per heavy atom. The van der Waals surface area contributed by atoms with Crippen molar-refractivity contribution in [3.63, 3.8) is 0 Å². The molecule has 1 fully saturated rings. The fraction of sp³-hybridized carbons (Fsp3) is 0.300. The summed E-state index contributed by atoms with van der Waals surface area (Å²) >= 11 is 18.3. The number of carbonyl (C=O) groups excluding carboxylic acids is 2. The number of carbonyl (C=O) groups is 2. The first-order valence-electron chi connectivity index (χ1n) is 8.78.